The minimum absolute atomic E-state index is 0.279. The van der Waals surface area contributed by atoms with Gasteiger partial charge >= 0.3 is 0 Å². The van der Waals surface area contributed by atoms with Crippen LogP contribution in [-0.2, 0) is 0 Å². The van der Waals surface area contributed by atoms with E-state index in [2.05, 4.69) is 9.97 Å². The summed E-state index contributed by atoms with van der Waals surface area (Å²) < 4.78 is 5.79. The molecule has 1 fully saturated rings. The average molecular weight is 285 g/mol. The summed E-state index contributed by atoms with van der Waals surface area (Å²) >= 11 is 0. The molecule has 2 aromatic rings. The van der Waals surface area contributed by atoms with Crippen LogP contribution in [-0.4, -0.2) is 40.4 Å². The number of nitrogens with zero attached hydrogens (tertiary/aromatic N) is 3. The van der Waals surface area contributed by atoms with Gasteiger partial charge in [-0.25, -0.2) is 9.97 Å². The van der Waals surface area contributed by atoms with Crippen molar-refractivity contribution in [3.05, 3.63) is 48.3 Å². The Kier molecular flexibility index (Phi) is 3.75. The molecule has 2 heterocycles. The zero-order valence-corrected chi connectivity index (χ0v) is 12.1. The van der Waals surface area contributed by atoms with Crippen LogP contribution in [0, 0.1) is 6.92 Å². The van der Waals surface area contributed by atoms with Gasteiger partial charge in [0.2, 0.25) is 5.95 Å². The average Bonchev–Trinajstić information content (AvgIpc) is 2.90. The van der Waals surface area contributed by atoms with Crippen LogP contribution in [0.15, 0.2) is 42.7 Å². The van der Waals surface area contributed by atoms with Crippen molar-refractivity contribution in [2.75, 3.05) is 24.6 Å². The molecule has 5 heteroatoms. The Morgan fingerprint density at radius 3 is 2.76 bits per heavy atom. The molecular formula is C16H19N3O2. The quantitative estimate of drug-likeness (QED) is 0.928. The van der Waals surface area contributed by atoms with E-state index in [-0.39, 0.29) is 6.61 Å². The van der Waals surface area contributed by atoms with Crippen molar-refractivity contribution in [3.8, 4) is 5.75 Å². The van der Waals surface area contributed by atoms with E-state index in [1.807, 2.05) is 36.1 Å². The van der Waals surface area contributed by atoms with Crippen molar-refractivity contribution >= 4 is 5.95 Å². The Bertz CT molecular complexity index is 605. The van der Waals surface area contributed by atoms with Gasteiger partial charge in [-0.05, 0) is 31.0 Å². The Morgan fingerprint density at radius 2 is 2.00 bits per heavy atom. The van der Waals surface area contributed by atoms with Gasteiger partial charge in [0.05, 0.1) is 6.54 Å². The smallest absolute Gasteiger partial charge is 0.225 e. The maximum atomic E-state index is 10.7. The first-order valence-corrected chi connectivity index (χ1v) is 7.09. The topological polar surface area (TPSA) is 58.5 Å². The molecule has 3 rings (SSSR count). The second-order valence-electron chi connectivity index (χ2n) is 5.50. The fraction of sp³-hybridized carbons (Fsp3) is 0.375. The third-order valence-corrected chi connectivity index (χ3v) is 3.76. The number of ether oxygens (including phenoxy) is 1. The fourth-order valence-electron chi connectivity index (χ4n) is 2.53. The van der Waals surface area contributed by atoms with Crippen molar-refractivity contribution in [2.45, 2.75) is 18.9 Å². The van der Waals surface area contributed by atoms with Crippen LogP contribution in [0.5, 0.6) is 5.75 Å². The van der Waals surface area contributed by atoms with Crippen LogP contribution < -0.4 is 9.64 Å². The number of para-hydroxylation sites is 1. The van der Waals surface area contributed by atoms with Gasteiger partial charge in [-0.15, -0.1) is 0 Å². The molecule has 0 unspecified atom stereocenters. The lowest BCUT2D eigenvalue weighted by Crippen LogP contribution is -2.39. The molecule has 0 saturated carbocycles. The fourth-order valence-corrected chi connectivity index (χ4v) is 2.53. The van der Waals surface area contributed by atoms with Crippen LogP contribution in [0.25, 0.3) is 0 Å². The summed E-state index contributed by atoms with van der Waals surface area (Å²) in [5, 5.41) is 10.7. The molecule has 1 atom stereocenters. The molecule has 1 aromatic heterocycles. The molecule has 110 valence electrons. The molecule has 1 aromatic carbocycles. The lowest BCUT2D eigenvalue weighted by molar-refractivity contribution is 0.0142. The van der Waals surface area contributed by atoms with E-state index in [1.165, 1.54) is 0 Å². The summed E-state index contributed by atoms with van der Waals surface area (Å²) in [6, 6.07) is 9.61. The normalized spacial score (nSPS) is 21.5. The van der Waals surface area contributed by atoms with Crippen molar-refractivity contribution < 1.29 is 9.84 Å². The van der Waals surface area contributed by atoms with Crippen molar-refractivity contribution in [3.63, 3.8) is 0 Å². The number of benzene rings is 1. The molecule has 1 aliphatic rings. The SMILES string of the molecule is Cc1ccccc1OC[C@]1(O)CCN(c2ncccn2)C1. The highest BCUT2D eigenvalue weighted by molar-refractivity contribution is 5.34. The Labute approximate surface area is 124 Å². The Balaban J connectivity index is 1.63. The van der Waals surface area contributed by atoms with Crippen molar-refractivity contribution in [1.82, 2.24) is 9.97 Å². The summed E-state index contributed by atoms with van der Waals surface area (Å²) in [5.41, 5.74) is 0.212. The highest BCUT2D eigenvalue weighted by Crippen LogP contribution is 2.26. The minimum atomic E-state index is -0.860. The first-order chi connectivity index (χ1) is 10.2. The molecule has 0 aliphatic carbocycles. The molecule has 1 aliphatic heterocycles. The van der Waals surface area contributed by atoms with Crippen LogP contribution in [0.1, 0.15) is 12.0 Å². The molecule has 0 spiro atoms. The number of rotatable bonds is 4. The van der Waals surface area contributed by atoms with E-state index >= 15 is 0 Å². The van der Waals surface area contributed by atoms with E-state index in [0.29, 0.717) is 18.9 Å². The number of aromatic nitrogens is 2. The standard InChI is InChI=1S/C16H19N3O2/c1-13-5-2-3-6-14(13)21-12-16(20)7-10-19(11-16)15-17-8-4-9-18-15/h2-6,8-9,20H,7,10-12H2,1H3/t16-/m0/s1. The maximum absolute atomic E-state index is 10.7. The third kappa shape index (κ3) is 3.13. The van der Waals surface area contributed by atoms with Crippen LogP contribution in [0.2, 0.25) is 0 Å². The summed E-state index contributed by atoms with van der Waals surface area (Å²) in [5.74, 6) is 1.48. The first-order valence-electron chi connectivity index (χ1n) is 7.09. The summed E-state index contributed by atoms with van der Waals surface area (Å²) in [4.78, 5) is 10.4. The second-order valence-corrected chi connectivity index (χ2v) is 5.50. The molecule has 0 radical (unpaired) electrons. The Morgan fingerprint density at radius 1 is 1.24 bits per heavy atom. The number of aryl methyl sites for hydroxylation is 1. The zero-order chi connectivity index (χ0) is 14.7. The summed E-state index contributed by atoms with van der Waals surface area (Å²) in [6.45, 7) is 3.50. The van der Waals surface area contributed by atoms with Gasteiger partial charge in [0.15, 0.2) is 0 Å². The second kappa shape index (κ2) is 5.69. The van der Waals surface area contributed by atoms with Gasteiger partial charge < -0.3 is 14.7 Å². The Hall–Kier alpha value is -2.14. The van der Waals surface area contributed by atoms with E-state index in [9.17, 15) is 5.11 Å². The minimum Gasteiger partial charge on any atom is -0.490 e. The van der Waals surface area contributed by atoms with Crippen LogP contribution in [0.3, 0.4) is 0 Å². The summed E-state index contributed by atoms with van der Waals surface area (Å²) in [6.07, 6.45) is 4.07. The van der Waals surface area contributed by atoms with E-state index in [4.69, 9.17) is 4.74 Å². The summed E-state index contributed by atoms with van der Waals surface area (Å²) in [7, 11) is 0. The zero-order valence-electron chi connectivity index (χ0n) is 12.1. The monoisotopic (exact) mass is 285 g/mol. The van der Waals surface area contributed by atoms with Crippen LogP contribution >= 0.6 is 0 Å². The molecule has 1 saturated heterocycles. The van der Waals surface area contributed by atoms with Gasteiger partial charge in [-0.3, -0.25) is 0 Å². The van der Waals surface area contributed by atoms with E-state index in [0.717, 1.165) is 17.9 Å². The molecular weight excluding hydrogens is 266 g/mol. The maximum Gasteiger partial charge on any atom is 0.225 e. The predicted molar refractivity (Wildman–Crippen MR) is 80.5 cm³/mol. The highest BCUT2D eigenvalue weighted by atomic mass is 16.5. The third-order valence-electron chi connectivity index (χ3n) is 3.76. The van der Waals surface area contributed by atoms with Gasteiger partial charge in [-0.1, -0.05) is 18.2 Å². The van der Waals surface area contributed by atoms with E-state index in [1.54, 1.807) is 18.5 Å². The van der Waals surface area contributed by atoms with Crippen molar-refractivity contribution in [1.29, 1.82) is 0 Å². The number of aliphatic hydroxyl groups is 1. The largest absolute Gasteiger partial charge is 0.490 e. The van der Waals surface area contributed by atoms with Crippen molar-refractivity contribution in [2.24, 2.45) is 0 Å². The number of hydrogen-bond acceptors (Lipinski definition) is 5. The lowest BCUT2D eigenvalue weighted by Gasteiger charge is -2.24. The predicted octanol–water partition coefficient (Wildman–Crippen LogP) is 1.81. The van der Waals surface area contributed by atoms with Gasteiger partial charge in [-0.2, -0.15) is 0 Å². The molecule has 1 N–H and O–H groups in total. The number of β-amino-alcohol motifs (C(OH)–C–C–N with tert-alkyl or cyclic N) is 1. The molecule has 5 nitrogen and oxygen atoms in total. The van der Waals surface area contributed by atoms with Gasteiger partial charge in [0.1, 0.15) is 18.0 Å². The molecule has 21 heavy (non-hydrogen) atoms. The van der Waals surface area contributed by atoms with Gasteiger partial charge in [0.25, 0.3) is 0 Å². The first kappa shape index (κ1) is 13.8. The lowest BCUT2D eigenvalue weighted by atomic mass is 10.1. The highest BCUT2D eigenvalue weighted by Gasteiger charge is 2.38. The number of hydrogen-bond donors (Lipinski definition) is 1. The van der Waals surface area contributed by atoms with Gasteiger partial charge in [0, 0.05) is 18.9 Å². The molecule has 0 bridgehead atoms. The number of anilines is 1. The van der Waals surface area contributed by atoms with E-state index < -0.39 is 5.60 Å². The van der Waals surface area contributed by atoms with Crippen LogP contribution in [0.4, 0.5) is 5.95 Å². The molecule has 0 amide bonds.